The van der Waals surface area contributed by atoms with E-state index in [2.05, 4.69) is 27.7 Å². The van der Waals surface area contributed by atoms with Crippen molar-refractivity contribution in [3.63, 3.8) is 0 Å². The molecule has 2 aliphatic carbocycles. The van der Waals surface area contributed by atoms with E-state index in [1.807, 2.05) is 0 Å². The van der Waals surface area contributed by atoms with E-state index in [1.165, 1.54) is 12.8 Å². The number of hydrogen-bond donors (Lipinski definition) is 0. The molecule has 0 aromatic heterocycles. The summed E-state index contributed by atoms with van der Waals surface area (Å²) in [6.45, 7) is 9.69. The minimum Gasteiger partial charge on any atom is -0.0625 e. The van der Waals surface area contributed by atoms with E-state index >= 15 is 0 Å². The Labute approximate surface area is 70.4 Å². The van der Waals surface area contributed by atoms with E-state index in [1.54, 1.807) is 0 Å². The second kappa shape index (κ2) is 2.02. The van der Waals surface area contributed by atoms with Crippen molar-refractivity contribution in [1.29, 1.82) is 0 Å². The number of fused-ring (bicyclic) bond motifs is 1. The van der Waals surface area contributed by atoms with Crippen LogP contribution in [0, 0.1) is 29.1 Å². The molecule has 4 atom stereocenters. The van der Waals surface area contributed by atoms with E-state index in [-0.39, 0.29) is 0 Å². The zero-order chi connectivity index (χ0) is 8.22. The molecule has 2 saturated carbocycles. The van der Waals surface area contributed by atoms with Gasteiger partial charge in [0.25, 0.3) is 0 Å². The molecule has 0 saturated heterocycles. The quantitative estimate of drug-likeness (QED) is 0.540. The highest BCUT2D eigenvalue weighted by atomic mass is 14.7. The van der Waals surface area contributed by atoms with Crippen molar-refractivity contribution in [1.82, 2.24) is 0 Å². The summed E-state index contributed by atoms with van der Waals surface area (Å²) in [7, 11) is 0. The monoisotopic (exact) mass is 152 g/mol. The van der Waals surface area contributed by atoms with Crippen LogP contribution in [0.4, 0.5) is 0 Å². The van der Waals surface area contributed by atoms with E-state index in [9.17, 15) is 0 Å². The molecular weight excluding hydrogens is 132 g/mol. The highest BCUT2D eigenvalue weighted by molar-refractivity contribution is 5.13. The summed E-state index contributed by atoms with van der Waals surface area (Å²) in [6.07, 6.45) is 3.01. The Kier molecular flexibility index (Phi) is 1.41. The van der Waals surface area contributed by atoms with Crippen LogP contribution < -0.4 is 0 Å². The first-order valence-corrected chi connectivity index (χ1v) is 5.05. The van der Waals surface area contributed by atoms with Crippen LogP contribution in [0.1, 0.15) is 40.5 Å². The Morgan fingerprint density at radius 3 is 2.36 bits per heavy atom. The first-order valence-electron chi connectivity index (χ1n) is 5.05. The Hall–Kier alpha value is 0. The van der Waals surface area contributed by atoms with E-state index in [0.717, 1.165) is 29.1 Å². The lowest BCUT2D eigenvalue weighted by Gasteiger charge is -2.15. The van der Waals surface area contributed by atoms with Crippen molar-refractivity contribution in [3.05, 3.63) is 0 Å². The van der Waals surface area contributed by atoms with Gasteiger partial charge in [-0.05, 0) is 41.9 Å². The molecule has 0 nitrogen and oxygen atoms in total. The molecule has 0 heteroatoms. The summed E-state index contributed by atoms with van der Waals surface area (Å²) in [6, 6.07) is 0. The molecule has 0 heterocycles. The molecule has 2 unspecified atom stereocenters. The van der Waals surface area contributed by atoms with Crippen molar-refractivity contribution in [2.45, 2.75) is 40.5 Å². The van der Waals surface area contributed by atoms with E-state index < -0.39 is 0 Å². The van der Waals surface area contributed by atoms with E-state index in [0.29, 0.717) is 0 Å². The molecule has 0 spiro atoms. The van der Waals surface area contributed by atoms with Gasteiger partial charge in [0.15, 0.2) is 0 Å². The Morgan fingerprint density at radius 1 is 1.36 bits per heavy atom. The molecule has 64 valence electrons. The first kappa shape index (κ1) is 7.64. The molecular formula is C11H20. The Morgan fingerprint density at radius 2 is 2.00 bits per heavy atom. The van der Waals surface area contributed by atoms with Crippen molar-refractivity contribution in [3.8, 4) is 0 Å². The fourth-order valence-corrected chi connectivity index (χ4v) is 3.90. The number of rotatable bonds is 1. The molecule has 2 aliphatic rings. The van der Waals surface area contributed by atoms with Crippen LogP contribution in [0.25, 0.3) is 0 Å². The topological polar surface area (TPSA) is 0 Å². The summed E-state index contributed by atoms with van der Waals surface area (Å²) < 4.78 is 0. The van der Waals surface area contributed by atoms with E-state index in [4.69, 9.17) is 0 Å². The van der Waals surface area contributed by atoms with Crippen LogP contribution in [0.2, 0.25) is 0 Å². The zero-order valence-electron chi connectivity index (χ0n) is 8.22. The highest BCUT2D eigenvalue weighted by Gasteiger charge is 2.65. The second-order valence-corrected chi connectivity index (χ2v) is 5.43. The molecule has 2 fully saturated rings. The minimum atomic E-state index is 0.771. The van der Waals surface area contributed by atoms with Crippen LogP contribution in [0.3, 0.4) is 0 Å². The van der Waals surface area contributed by atoms with Crippen LogP contribution in [-0.2, 0) is 0 Å². The molecule has 0 bridgehead atoms. The van der Waals surface area contributed by atoms with Crippen LogP contribution in [-0.4, -0.2) is 0 Å². The molecule has 0 N–H and O–H groups in total. The fourth-order valence-electron chi connectivity index (χ4n) is 3.90. The normalized spacial score (nSPS) is 54.8. The molecule has 2 rings (SSSR count). The van der Waals surface area contributed by atoms with Gasteiger partial charge in [0.05, 0.1) is 0 Å². The summed E-state index contributed by atoms with van der Waals surface area (Å²) in [5.41, 5.74) is 0.771. The predicted octanol–water partition coefficient (Wildman–Crippen LogP) is 3.32. The largest absolute Gasteiger partial charge is 0.0625 e. The SMILES string of the molecule is CC1C[C@@H]2[C@H](C(C)C)C2(C)C1. The van der Waals surface area contributed by atoms with Gasteiger partial charge in [0, 0.05) is 0 Å². The zero-order valence-corrected chi connectivity index (χ0v) is 8.22. The third-order valence-electron chi connectivity index (χ3n) is 4.10. The van der Waals surface area contributed by atoms with Crippen molar-refractivity contribution in [2.24, 2.45) is 29.1 Å². The average Bonchev–Trinajstić information content (AvgIpc) is 2.24. The highest BCUT2D eigenvalue weighted by Crippen LogP contribution is 2.71. The maximum atomic E-state index is 2.51. The average molecular weight is 152 g/mol. The molecule has 0 aliphatic heterocycles. The molecule has 0 amide bonds. The van der Waals surface area contributed by atoms with Gasteiger partial charge in [-0.3, -0.25) is 0 Å². The molecule has 0 aromatic carbocycles. The molecule has 11 heavy (non-hydrogen) atoms. The smallest absolute Gasteiger partial charge is 0.0258 e. The standard InChI is InChI=1S/C11H20/c1-7(2)10-9-5-8(3)6-11(9,10)4/h7-10H,5-6H2,1-4H3/t8?,9-,10+,11?/m1/s1. The lowest BCUT2D eigenvalue weighted by atomic mass is 9.90. The summed E-state index contributed by atoms with van der Waals surface area (Å²) in [5, 5.41) is 0. The van der Waals surface area contributed by atoms with Gasteiger partial charge in [0.1, 0.15) is 0 Å². The summed E-state index contributed by atoms with van der Waals surface area (Å²) >= 11 is 0. The first-order chi connectivity index (χ1) is 5.05. The van der Waals surface area contributed by atoms with Gasteiger partial charge in [-0.25, -0.2) is 0 Å². The lowest BCUT2D eigenvalue weighted by Crippen LogP contribution is -2.06. The van der Waals surface area contributed by atoms with Crippen molar-refractivity contribution >= 4 is 0 Å². The minimum absolute atomic E-state index is 0.771. The third-order valence-corrected chi connectivity index (χ3v) is 4.10. The maximum absolute atomic E-state index is 2.51. The molecule has 0 aromatic rings. The van der Waals surface area contributed by atoms with Gasteiger partial charge in [-0.15, -0.1) is 0 Å². The number of hydrogen-bond acceptors (Lipinski definition) is 0. The van der Waals surface area contributed by atoms with Crippen LogP contribution in [0.5, 0.6) is 0 Å². The Balaban J connectivity index is 2.06. The van der Waals surface area contributed by atoms with Crippen molar-refractivity contribution in [2.75, 3.05) is 0 Å². The van der Waals surface area contributed by atoms with Crippen LogP contribution in [0.15, 0.2) is 0 Å². The van der Waals surface area contributed by atoms with Crippen molar-refractivity contribution < 1.29 is 0 Å². The second-order valence-electron chi connectivity index (χ2n) is 5.43. The van der Waals surface area contributed by atoms with Crippen LogP contribution >= 0.6 is 0 Å². The van der Waals surface area contributed by atoms with Gasteiger partial charge in [-0.1, -0.05) is 27.7 Å². The summed E-state index contributed by atoms with van der Waals surface area (Å²) in [4.78, 5) is 0. The molecule has 0 radical (unpaired) electrons. The fraction of sp³-hybridized carbons (Fsp3) is 1.00. The van der Waals surface area contributed by atoms with Gasteiger partial charge in [-0.2, -0.15) is 0 Å². The maximum Gasteiger partial charge on any atom is -0.0258 e. The van der Waals surface area contributed by atoms with Gasteiger partial charge in [0.2, 0.25) is 0 Å². The van der Waals surface area contributed by atoms with Gasteiger partial charge < -0.3 is 0 Å². The Bertz CT molecular complexity index is 171. The van der Waals surface area contributed by atoms with Gasteiger partial charge >= 0.3 is 0 Å². The predicted molar refractivity (Wildman–Crippen MR) is 48.3 cm³/mol. The summed E-state index contributed by atoms with van der Waals surface area (Å²) in [5.74, 6) is 4.11. The lowest BCUT2D eigenvalue weighted by molar-refractivity contribution is 0.348. The third kappa shape index (κ3) is 0.878.